The molecule has 64 valence electrons. The van der Waals surface area contributed by atoms with Crippen molar-refractivity contribution in [2.24, 2.45) is 0 Å². The fourth-order valence-electron chi connectivity index (χ4n) is 0.254. The van der Waals surface area contributed by atoms with E-state index in [4.69, 9.17) is 0 Å². The van der Waals surface area contributed by atoms with Crippen LogP contribution in [-0.2, 0) is 4.18 Å². The summed E-state index contributed by atoms with van der Waals surface area (Å²) in [6.07, 6.45) is 0. The molecule has 0 bridgehead atoms. The first-order chi connectivity index (χ1) is 4.95. The molecule has 0 rings (SSSR count). The van der Waals surface area contributed by atoms with Gasteiger partial charge in [-0.25, -0.2) is 0 Å². The molecule has 0 atom stereocenters. The highest BCUT2D eigenvalue weighted by Gasteiger charge is 2.58. The second kappa shape index (κ2) is 3.44. The van der Waals surface area contributed by atoms with Gasteiger partial charge in [0.2, 0.25) is 6.61 Å². The summed E-state index contributed by atoms with van der Waals surface area (Å²) in [5, 5.41) is 19.5. The summed E-state index contributed by atoms with van der Waals surface area (Å²) in [5.74, 6) is -3.80. The summed E-state index contributed by atoms with van der Waals surface area (Å²) in [6.45, 7) is -1.34. The van der Waals surface area contributed by atoms with Crippen molar-refractivity contribution in [3.8, 4) is 0 Å². The molecule has 11 heavy (non-hydrogen) atoms. The van der Waals surface area contributed by atoms with E-state index >= 15 is 0 Å². The number of hydrogen-bond acceptors (Lipinski definition) is 6. The average molecular weight is 186 g/mol. The largest absolute Gasteiger partial charge is 0.639 e. The van der Waals surface area contributed by atoms with Crippen LogP contribution in [0.1, 0.15) is 0 Å². The van der Waals surface area contributed by atoms with Crippen LogP contribution in [0, 0.1) is 20.2 Å². The Balaban J connectivity index is 4.52. The van der Waals surface area contributed by atoms with Crippen LogP contribution in [0.4, 0.5) is 4.39 Å². The highest BCUT2D eigenvalue weighted by molar-refractivity contribution is 7.75. The number of alkyl halides is 1. The lowest BCUT2D eigenvalue weighted by Gasteiger charge is -2.04. The van der Waals surface area contributed by atoms with E-state index in [0.717, 1.165) is 0 Å². The van der Waals surface area contributed by atoms with Gasteiger partial charge in [-0.1, -0.05) is 4.39 Å². The monoisotopic (exact) mass is 186 g/mol. The molecule has 0 spiro atoms. The Bertz CT molecular complexity index is 171. The van der Waals surface area contributed by atoms with Crippen LogP contribution in [0.3, 0.4) is 0 Å². The molecule has 0 aliphatic rings. The van der Waals surface area contributed by atoms with Crippen LogP contribution in [0.25, 0.3) is 0 Å². The van der Waals surface area contributed by atoms with Crippen LogP contribution in [0.15, 0.2) is 0 Å². The zero-order chi connectivity index (χ0) is 9.07. The predicted molar refractivity (Wildman–Crippen MR) is 32.8 cm³/mol. The normalized spacial score (nSPS) is 11.1. The van der Waals surface area contributed by atoms with E-state index < -0.39 is 22.4 Å². The maximum atomic E-state index is 12.5. The Morgan fingerprint density at radius 3 is 1.91 bits per heavy atom. The zero-order valence-electron chi connectivity index (χ0n) is 4.97. The molecular weight excluding hydrogens is 183 g/mol. The minimum atomic E-state index is -3.80. The molecular formula is C2H3FN2O5S. The molecule has 0 amide bonds. The summed E-state index contributed by atoms with van der Waals surface area (Å²) >= 11 is 2.95. The van der Waals surface area contributed by atoms with Crippen LogP contribution in [0.5, 0.6) is 0 Å². The van der Waals surface area contributed by atoms with Crippen molar-refractivity contribution in [2.75, 3.05) is 6.61 Å². The van der Waals surface area contributed by atoms with Gasteiger partial charge < -0.3 is 0 Å². The number of rotatable bonds is 4. The van der Waals surface area contributed by atoms with Crippen molar-refractivity contribution in [1.29, 1.82) is 0 Å². The smallest absolute Gasteiger partial charge is 0.299 e. The first-order valence-corrected chi connectivity index (χ1v) is 2.56. The third kappa shape index (κ3) is 1.98. The minimum Gasteiger partial charge on any atom is -0.299 e. The fraction of sp³-hybridized carbons (Fsp3) is 1.00. The van der Waals surface area contributed by atoms with Crippen LogP contribution >= 0.6 is 12.9 Å². The van der Waals surface area contributed by atoms with Gasteiger partial charge in [0, 0.05) is 0 Å². The Hall–Kier alpha value is -0.960. The Morgan fingerprint density at radius 1 is 1.45 bits per heavy atom. The molecule has 0 saturated heterocycles. The quantitative estimate of drug-likeness (QED) is 0.167. The van der Waals surface area contributed by atoms with Crippen molar-refractivity contribution >= 4 is 12.9 Å². The highest BCUT2D eigenvalue weighted by atomic mass is 32.1. The van der Waals surface area contributed by atoms with E-state index in [2.05, 4.69) is 17.1 Å². The first-order valence-electron chi connectivity index (χ1n) is 2.19. The van der Waals surface area contributed by atoms with E-state index in [1.807, 2.05) is 0 Å². The molecule has 0 radical (unpaired) electrons. The van der Waals surface area contributed by atoms with Crippen LogP contribution < -0.4 is 0 Å². The molecule has 0 unspecified atom stereocenters. The van der Waals surface area contributed by atoms with Crippen molar-refractivity contribution in [3.63, 3.8) is 0 Å². The summed E-state index contributed by atoms with van der Waals surface area (Å²) in [5.41, 5.74) is 0. The van der Waals surface area contributed by atoms with E-state index in [-0.39, 0.29) is 0 Å². The molecule has 0 aromatic rings. The maximum absolute atomic E-state index is 12.5. The SMILES string of the molecule is O=[N+]([O-])C(F)(COS)[N+](=O)[O-]. The van der Waals surface area contributed by atoms with Gasteiger partial charge in [-0.3, -0.25) is 24.4 Å². The molecule has 0 aromatic heterocycles. The molecule has 0 heterocycles. The second-order valence-electron chi connectivity index (χ2n) is 1.51. The van der Waals surface area contributed by atoms with E-state index in [1.54, 1.807) is 0 Å². The summed E-state index contributed by atoms with van der Waals surface area (Å²) in [4.78, 5) is 16.1. The Labute approximate surface area is 65.1 Å². The van der Waals surface area contributed by atoms with Crippen LogP contribution in [-0.4, -0.2) is 22.4 Å². The lowest BCUT2D eigenvalue weighted by molar-refractivity contribution is -0.831. The molecule has 0 fully saturated rings. The van der Waals surface area contributed by atoms with Crippen molar-refractivity contribution < 1.29 is 18.4 Å². The molecule has 0 N–H and O–H groups in total. The van der Waals surface area contributed by atoms with Crippen LogP contribution in [0.2, 0.25) is 0 Å². The summed E-state index contributed by atoms with van der Waals surface area (Å²) in [7, 11) is 0. The molecule has 7 nitrogen and oxygen atoms in total. The molecule has 0 saturated carbocycles. The number of halogens is 1. The fourth-order valence-corrected chi connectivity index (χ4v) is 0.418. The van der Waals surface area contributed by atoms with Gasteiger partial charge in [0.05, 0.1) is 0 Å². The number of nitrogens with zero attached hydrogens (tertiary/aromatic N) is 2. The molecule has 0 aliphatic heterocycles. The lowest BCUT2D eigenvalue weighted by atomic mass is 10.5. The van der Waals surface area contributed by atoms with Gasteiger partial charge in [0.1, 0.15) is 9.85 Å². The Morgan fingerprint density at radius 2 is 1.82 bits per heavy atom. The molecule has 9 heteroatoms. The standard InChI is InChI=1S/C2H3FN2O5S/c3-2(1-10-11,4(6)7)5(8)9/h11H,1H2. The van der Waals surface area contributed by atoms with E-state index in [0.29, 0.717) is 0 Å². The van der Waals surface area contributed by atoms with Gasteiger partial charge >= 0.3 is 5.92 Å². The van der Waals surface area contributed by atoms with Crippen molar-refractivity contribution in [2.45, 2.75) is 5.92 Å². The van der Waals surface area contributed by atoms with Crippen molar-refractivity contribution in [1.82, 2.24) is 0 Å². The van der Waals surface area contributed by atoms with E-state index in [9.17, 15) is 24.6 Å². The van der Waals surface area contributed by atoms with Crippen molar-refractivity contribution in [3.05, 3.63) is 20.2 Å². The first kappa shape index (κ1) is 10.0. The lowest BCUT2D eigenvalue weighted by Crippen LogP contribution is -2.45. The number of nitro groups is 2. The van der Waals surface area contributed by atoms with Gasteiger partial charge in [-0.15, -0.1) is 0 Å². The summed E-state index contributed by atoms with van der Waals surface area (Å²) in [6, 6.07) is 0. The molecule has 0 aliphatic carbocycles. The zero-order valence-corrected chi connectivity index (χ0v) is 5.86. The predicted octanol–water partition coefficient (Wildman–Crippen LogP) is 0.0245. The number of thiol groups is 1. The highest BCUT2D eigenvalue weighted by Crippen LogP contribution is 2.13. The van der Waals surface area contributed by atoms with Gasteiger partial charge in [-0.05, 0) is 12.9 Å². The topological polar surface area (TPSA) is 95.5 Å². The third-order valence-corrected chi connectivity index (χ3v) is 0.937. The minimum absolute atomic E-state index is 1.34. The maximum Gasteiger partial charge on any atom is 0.639 e. The second-order valence-corrected chi connectivity index (χ2v) is 1.76. The number of hydrogen-bond donors (Lipinski definition) is 1. The van der Waals surface area contributed by atoms with Gasteiger partial charge in [-0.2, -0.15) is 0 Å². The van der Waals surface area contributed by atoms with E-state index in [1.165, 1.54) is 0 Å². The third-order valence-electron chi connectivity index (χ3n) is 0.808. The van der Waals surface area contributed by atoms with Gasteiger partial charge in [0.25, 0.3) is 0 Å². The average Bonchev–Trinajstić information content (AvgIpc) is 1.87. The molecule has 0 aromatic carbocycles. The summed E-state index contributed by atoms with van der Waals surface area (Å²) < 4.78 is 16.1. The van der Waals surface area contributed by atoms with Gasteiger partial charge in [0.15, 0.2) is 0 Å². The Kier molecular flexibility index (Phi) is 3.14.